The number of rotatable bonds is 7. The molecule has 3 heteroatoms. The fraction of sp³-hybridized carbons (Fsp3) is 0.529. The first-order valence-corrected chi connectivity index (χ1v) is 7.13. The first-order chi connectivity index (χ1) is 9.61. The summed E-state index contributed by atoms with van der Waals surface area (Å²) in [7, 11) is 2.12. The molecule has 1 aromatic carbocycles. The molecule has 0 fully saturated rings. The van der Waals surface area contributed by atoms with Crippen LogP contribution in [0.3, 0.4) is 0 Å². The Morgan fingerprint density at radius 1 is 1.30 bits per heavy atom. The number of hydrogen-bond acceptors (Lipinski definition) is 3. The van der Waals surface area contributed by atoms with Crippen LogP contribution in [0.5, 0.6) is 5.75 Å². The topological polar surface area (TPSA) is 32.7 Å². The van der Waals surface area contributed by atoms with Gasteiger partial charge in [-0.2, -0.15) is 0 Å². The van der Waals surface area contributed by atoms with E-state index >= 15 is 0 Å². The van der Waals surface area contributed by atoms with Crippen molar-refractivity contribution >= 4 is 0 Å². The lowest BCUT2D eigenvalue weighted by atomic mass is 10.1. The third-order valence-electron chi connectivity index (χ3n) is 2.98. The van der Waals surface area contributed by atoms with Gasteiger partial charge in [0.05, 0.1) is 0 Å². The van der Waals surface area contributed by atoms with Gasteiger partial charge in [0.25, 0.3) is 0 Å². The third-order valence-corrected chi connectivity index (χ3v) is 2.98. The van der Waals surface area contributed by atoms with Crippen molar-refractivity contribution in [1.82, 2.24) is 4.90 Å². The predicted molar refractivity (Wildman–Crippen MR) is 82.9 cm³/mol. The average molecular weight is 275 g/mol. The van der Waals surface area contributed by atoms with E-state index in [1.54, 1.807) is 0 Å². The molecule has 0 radical (unpaired) electrons. The third kappa shape index (κ3) is 7.18. The predicted octanol–water partition coefficient (Wildman–Crippen LogP) is 2.39. The van der Waals surface area contributed by atoms with Gasteiger partial charge in [-0.25, -0.2) is 0 Å². The monoisotopic (exact) mass is 275 g/mol. The second-order valence-electron chi connectivity index (χ2n) is 5.32. The lowest BCUT2D eigenvalue weighted by Crippen LogP contribution is -2.26. The molecule has 0 spiro atoms. The molecule has 1 aromatic rings. The maximum absolute atomic E-state index is 8.68. The largest absolute Gasteiger partial charge is 0.492 e. The summed E-state index contributed by atoms with van der Waals surface area (Å²) in [4.78, 5) is 2.29. The summed E-state index contributed by atoms with van der Waals surface area (Å²) in [6, 6.07) is 7.65. The molecule has 110 valence electrons. The average Bonchev–Trinajstić information content (AvgIpc) is 2.43. The zero-order valence-corrected chi connectivity index (χ0v) is 12.7. The van der Waals surface area contributed by atoms with E-state index in [4.69, 9.17) is 9.84 Å². The first-order valence-electron chi connectivity index (χ1n) is 7.13. The van der Waals surface area contributed by atoms with E-state index in [9.17, 15) is 0 Å². The summed E-state index contributed by atoms with van der Waals surface area (Å²) in [5.74, 6) is 7.07. The van der Waals surface area contributed by atoms with E-state index in [2.05, 4.69) is 37.6 Å². The SMILES string of the molecule is CC(C)CCN(C)CCOc1cccc(C#CCO)c1. The van der Waals surface area contributed by atoms with Gasteiger partial charge in [-0.1, -0.05) is 31.8 Å². The smallest absolute Gasteiger partial charge is 0.120 e. The normalized spacial score (nSPS) is 10.5. The highest BCUT2D eigenvalue weighted by molar-refractivity contribution is 5.39. The number of benzene rings is 1. The summed E-state index contributed by atoms with van der Waals surface area (Å²) in [6.07, 6.45) is 1.21. The Bertz CT molecular complexity index is 446. The van der Waals surface area contributed by atoms with Crippen LogP contribution in [-0.4, -0.2) is 43.4 Å². The Labute approximate surface area is 122 Å². The minimum absolute atomic E-state index is 0.119. The Hall–Kier alpha value is -1.50. The molecule has 1 N–H and O–H groups in total. The van der Waals surface area contributed by atoms with Crippen LogP contribution in [0.15, 0.2) is 24.3 Å². The summed E-state index contributed by atoms with van der Waals surface area (Å²) in [6.45, 7) is 7.05. The van der Waals surface area contributed by atoms with E-state index in [1.165, 1.54) is 6.42 Å². The molecule has 0 amide bonds. The molecule has 0 bridgehead atoms. The van der Waals surface area contributed by atoms with Gasteiger partial charge >= 0.3 is 0 Å². The van der Waals surface area contributed by atoms with Crippen molar-refractivity contribution in [3.63, 3.8) is 0 Å². The first kappa shape index (κ1) is 16.6. The number of aliphatic hydroxyl groups excluding tert-OH is 1. The highest BCUT2D eigenvalue weighted by Gasteiger charge is 2.01. The van der Waals surface area contributed by atoms with Gasteiger partial charge in [-0.3, -0.25) is 0 Å². The van der Waals surface area contributed by atoms with Gasteiger partial charge in [-0.05, 0) is 44.1 Å². The molecule has 0 atom stereocenters. The van der Waals surface area contributed by atoms with Crippen LogP contribution >= 0.6 is 0 Å². The fourth-order valence-electron chi connectivity index (χ4n) is 1.71. The summed E-state index contributed by atoms with van der Waals surface area (Å²) in [5, 5.41) is 8.68. The number of ether oxygens (including phenoxy) is 1. The Kier molecular flexibility index (Phi) is 7.79. The maximum Gasteiger partial charge on any atom is 0.120 e. The maximum atomic E-state index is 8.68. The highest BCUT2D eigenvalue weighted by Crippen LogP contribution is 2.12. The van der Waals surface area contributed by atoms with Crippen molar-refractivity contribution in [3.8, 4) is 17.6 Å². The standard InChI is InChI=1S/C17H25NO2/c1-15(2)9-10-18(3)11-13-20-17-8-4-6-16(14-17)7-5-12-19/h4,6,8,14-15,19H,9-13H2,1-3H3. The molecule has 3 nitrogen and oxygen atoms in total. The molecule has 0 aliphatic carbocycles. The van der Waals surface area contributed by atoms with Gasteiger partial charge in [0.15, 0.2) is 0 Å². The molecule has 0 unspecified atom stereocenters. The van der Waals surface area contributed by atoms with Crippen LogP contribution in [0.4, 0.5) is 0 Å². The Morgan fingerprint density at radius 3 is 2.80 bits per heavy atom. The van der Waals surface area contributed by atoms with E-state index in [1.807, 2.05) is 24.3 Å². The van der Waals surface area contributed by atoms with Crippen molar-refractivity contribution in [2.75, 3.05) is 33.4 Å². The number of hydrogen-bond donors (Lipinski definition) is 1. The van der Waals surface area contributed by atoms with E-state index in [0.717, 1.165) is 30.3 Å². The molecule has 20 heavy (non-hydrogen) atoms. The molecule has 0 heterocycles. The lowest BCUT2D eigenvalue weighted by Gasteiger charge is -2.18. The highest BCUT2D eigenvalue weighted by atomic mass is 16.5. The molecular formula is C17H25NO2. The minimum Gasteiger partial charge on any atom is -0.492 e. The lowest BCUT2D eigenvalue weighted by molar-refractivity contribution is 0.230. The molecule has 0 saturated heterocycles. The van der Waals surface area contributed by atoms with E-state index in [-0.39, 0.29) is 6.61 Å². The van der Waals surface area contributed by atoms with Crippen molar-refractivity contribution < 1.29 is 9.84 Å². The van der Waals surface area contributed by atoms with Crippen LogP contribution in [0.2, 0.25) is 0 Å². The van der Waals surface area contributed by atoms with E-state index in [0.29, 0.717) is 6.61 Å². The van der Waals surface area contributed by atoms with Gasteiger partial charge in [-0.15, -0.1) is 0 Å². The fourth-order valence-corrected chi connectivity index (χ4v) is 1.71. The zero-order chi connectivity index (χ0) is 14.8. The molecule has 0 aliphatic heterocycles. The van der Waals surface area contributed by atoms with Crippen molar-refractivity contribution in [3.05, 3.63) is 29.8 Å². The van der Waals surface area contributed by atoms with Crippen LogP contribution in [-0.2, 0) is 0 Å². The van der Waals surface area contributed by atoms with Gasteiger partial charge in [0.2, 0.25) is 0 Å². The van der Waals surface area contributed by atoms with Crippen LogP contribution < -0.4 is 4.74 Å². The van der Waals surface area contributed by atoms with Crippen LogP contribution in [0.25, 0.3) is 0 Å². The minimum atomic E-state index is -0.119. The van der Waals surface area contributed by atoms with Crippen molar-refractivity contribution in [2.45, 2.75) is 20.3 Å². The van der Waals surface area contributed by atoms with Crippen LogP contribution in [0, 0.1) is 17.8 Å². The second kappa shape index (κ2) is 9.41. The summed E-state index contributed by atoms with van der Waals surface area (Å²) in [5.41, 5.74) is 0.865. The van der Waals surface area contributed by atoms with Gasteiger partial charge in [0.1, 0.15) is 19.0 Å². The molecule has 1 rings (SSSR count). The van der Waals surface area contributed by atoms with Crippen molar-refractivity contribution in [1.29, 1.82) is 0 Å². The summed E-state index contributed by atoms with van der Waals surface area (Å²) < 4.78 is 5.73. The number of aliphatic hydroxyl groups is 1. The molecule has 0 aliphatic rings. The summed E-state index contributed by atoms with van der Waals surface area (Å²) >= 11 is 0. The molecular weight excluding hydrogens is 250 g/mol. The number of likely N-dealkylation sites (N-methyl/N-ethyl adjacent to an activating group) is 1. The van der Waals surface area contributed by atoms with Gasteiger partial charge in [0, 0.05) is 12.1 Å². The zero-order valence-electron chi connectivity index (χ0n) is 12.7. The van der Waals surface area contributed by atoms with Crippen LogP contribution in [0.1, 0.15) is 25.8 Å². The quantitative estimate of drug-likeness (QED) is 0.776. The Morgan fingerprint density at radius 2 is 2.10 bits per heavy atom. The Balaban J connectivity index is 2.34. The number of nitrogens with zero attached hydrogens (tertiary/aromatic N) is 1. The van der Waals surface area contributed by atoms with Gasteiger partial charge < -0.3 is 14.7 Å². The van der Waals surface area contributed by atoms with E-state index < -0.39 is 0 Å². The second-order valence-corrected chi connectivity index (χ2v) is 5.32. The molecule has 0 aromatic heterocycles. The molecule has 0 saturated carbocycles. The van der Waals surface area contributed by atoms with Crippen molar-refractivity contribution in [2.24, 2.45) is 5.92 Å².